The number of terminal acetylenes is 1. The number of aromatic nitrogens is 4. The number of fused-ring (bicyclic) bond motifs is 1. The first-order valence-electron chi connectivity index (χ1n) is 6.78. The Balaban J connectivity index is 2.05. The van der Waals surface area contributed by atoms with E-state index in [2.05, 4.69) is 20.9 Å². The van der Waals surface area contributed by atoms with Gasteiger partial charge in [0.2, 0.25) is 5.95 Å². The molecule has 2 aromatic rings. The van der Waals surface area contributed by atoms with Crippen LogP contribution in [0.3, 0.4) is 0 Å². The second kappa shape index (κ2) is 5.98. The third kappa shape index (κ3) is 2.55. The summed E-state index contributed by atoms with van der Waals surface area (Å²) in [5.41, 5.74) is 5.30. The van der Waals surface area contributed by atoms with Gasteiger partial charge < -0.3 is 25.4 Å². The van der Waals surface area contributed by atoms with Gasteiger partial charge in [-0.05, 0) is 0 Å². The van der Waals surface area contributed by atoms with E-state index in [9.17, 15) is 15.0 Å². The lowest BCUT2D eigenvalue weighted by atomic mass is 10.1. The van der Waals surface area contributed by atoms with Gasteiger partial charge in [0.1, 0.15) is 24.9 Å². The molecule has 1 aliphatic rings. The number of imidazole rings is 1. The Kier molecular flexibility index (Phi) is 4.01. The van der Waals surface area contributed by atoms with E-state index >= 15 is 0 Å². The summed E-state index contributed by atoms with van der Waals surface area (Å²) in [6, 6.07) is 0. The highest BCUT2D eigenvalue weighted by molar-refractivity contribution is 5.70. The average Bonchev–Trinajstić information content (AvgIpc) is 3.06. The van der Waals surface area contributed by atoms with Crippen LogP contribution in [0.2, 0.25) is 0 Å². The van der Waals surface area contributed by atoms with Crippen molar-refractivity contribution in [2.75, 3.05) is 18.9 Å². The van der Waals surface area contributed by atoms with E-state index in [-0.39, 0.29) is 23.7 Å². The molecular formula is C13H15N5O5. The van der Waals surface area contributed by atoms with E-state index in [1.165, 1.54) is 10.9 Å². The number of hydrogen-bond acceptors (Lipinski definition) is 8. The molecule has 3 rings (SSSR count). The molecule has 10 nitrogen and oxygen atoms in total. The van der Waals surface area contributed by atoms with Crippen molar-refractivity contribution in [3.05, 3.63) is 16.7 Å². The maximum absolute atomic E-state index is 11.8. The van der Waals surface area contributed by atoms with Crippen LogP contribution in [0.5, 0.6) is 0 Å². The van der Waals surface area contributed by atoms with Gasteiger partial charge in [0, 0.05) is 0 Å². The minimum Gasteiger partial charge on any atom is -0.394 e. The van der Waals surface area contributed by atoms with Gasteiger partial charge in [0.15, 0.2) is 17.4 Å². The van der Waals surface area contributed by atoms with Gasteiger partial charge in [-0.3, -0.25) is 14.3 Å². The first-order valence-corrected chi connectivity index (χ1v) is 6.78. The molecule has 1 fully saturated rings. The maximum atomic E-state index is 11.8. The molecule has 4 atom stereocenters. The van der Waals surface area contributed by atoms with Crippen LogP contribution in [0.15, 0.2) is 11.1 Å². The third-order valence-corrected chi connectivity index (χ3v) is 3.58. The van der Waals surface area contributed by atoms with Crippen LogP contribution >= 0.6 is 0 Å². The Morgan fingerprint density at radius 2 is 2.39 bits per heavy atom. The lowest BCUT2D eigenvalue weighted by Gasteiger charge is -2.20. The van der Waals surface area contributed by atoms with Crippen LogP contribution in [0, 0.1) is 12.3 Å². The molecule has 0 aromatic carbocycles. The van der Waals surface area contributed by atoms with Crippen molar-refractivity contribution in [1.82, 2.24) is 19.5 Å². The number of aliphatic hydroxyl groups is 2. The van der Waals surface area contributed by atoms with Gasteiger partial charge in [-0.1, -0.05) is 5.92 Å². The predicted molar refractivity (Wildman–Crippen MR) is 78.1 cm³/mol. The fourth-order valence-electron chi connectivity index (χ4n) is 2.55. The molecule has 2 aromatic heterocycles. The first-order chi connectivity index (χ1) is 11.1. The molecule has 23 heavy (non-hydrogen) atoms. The predicted octanol–water partition coefficient (Wildman–Crippen LogP) is -2.03. The van der Waals surface area contributed by atoms with Crippen molar-refractivity contribution in [3.63, 3.8) is 0 Å². The second-order valence-electron chi connectivity index (χ2n) is 4.99. The molecular weight excluding hydrogens is 306 g/mol. The molecule has 3 heterocycles. The smallest absolute Gasteiger partial charge is 0.280 e. The number of hydrogen-bond donors (Lipinski definition) is 4. The van der Waals surface area contributed by atoms with Gasteiger partial charge in [0.25, 0.3) is 5.56 Å². The number of rotatable bonds is 4. The van der Waals surface area contributed by atoms with Crippen LogP contribution in [0.4, 0.5) is 5.95 Å². The number of nitrogens with two attached hydrogens (primary N) is 1. The van der Waals surface area contributed by atoms with Crippen LogP contribution in [-0.2, 0) is 9.47 Å². The molecule has 0 spiro atoms. The van der Waals surface area contributed by atoms with Gasteiger partial charge in [-0.2, -0.15) is 4.98 Å². The number of nitrogens with one attached hydrogen (secondary N) is 1. The number of anilines is 1. The fraction of sp³-hybridized carbons (Fsp3) is 0.462. The Labute approximate surface area is 129 Å². The number of nitrogens with zero attached hydrogens (tertiary/aromatic N) is 3. The first kappa shape index (κ1) is 15.4. The number of ether oxygens (including phenoxy) is 2. The van der Waals surface area contributed by atoms with Crippen molar-refractivity contribution >= 4 is 17.1 Å². The van der Waals surface area contributed by atoms with Gasteiger partial charge >= 0.3 is 0 Å². The lowest BCUT2D eigenvalue weighted by Crippen LogP contribution is -2.35. The van der Waals surface area contributed by atoms with Crippen molar-refractivity contribution in [1.29, 1.82) is 0 Å². The van der Waals surface area contributed by atoms with E-state index in [0.717, 1.165) is 0 Å². The maximum Gasteiger partial charge on any atom is 0.280 e. The molecule has 0 unspecified atom stereocenters. The summed E-state index contributed by atoms with van der Waals surface area (Å²) in [5.74, 6) is 2.22. The summed E-state index contributed by atoms with van der Waals surface area (Å²) < 4.78 is 12.4. The normalized spacial score (nSPS) is 27.3. The van der Waals surface area contributed by atoms with Gasteiger partial charge in [-0.25, -0.2) is 4.98 Å². The van der Waals surface area contributed by atoms with Gasteiger partial charge in [-0.15, -0.1) is 6.42 Å². The number of aromatic amines is 1. The Morgan fingerprint density at radius 1 is 1.61 bits per heavy atom. The van der Waals surface area contributed by atoms with E-state index in [1.54, 1.807) is 0 Å². The molecule has 1 aliphatic heterocycles. The standard InChI is InChI=1S/C13H15N5O5/c1-2-3-22-9-8(20)6(4-19)23-12(9)18-5-15-7-10(18)16-13(14)17-11(7)21/h1,5-6,8-9,12,19-20H,3-4H2,(H3,14,16,17,21)/t6-,8+,9-,12-/m1/s1. The number of aliphatic hydroxyl groups excluding tert-OH is 2. The second-order valence-corrected chi connectivity index (χ2v) is 4.99. The fourth-order valence-corrected chi connectivity index (χ4v) is 2.55. The monoisotopic (exact) mass is 321 g/mol. The molecule has 5 N–H and O–H groups in total. The minimum atomic E-state index is -1.10. The highest BCUT2D eigenvalue weighted by atomic mass is 16.6. The zero-order chi connectivity index (χ0) is 16.6. The van der Waals surface area contributed by atoms with Crippen LogP contribution in [0.1, 0.15) is 6.23 Å². The summed E-state index contributed by atoms with van der Waals surface area (Å²) >= 11 is 0. The van der Waals surface area contributed by atoms with Crippen molar-refractivity contribution in [3.8, 4) is 12.3 Å². The molecule has 10 heteroatoms. The molecule has 0 aliphatic carbocycles. The van der Waals surface area contributed by atoms with E-state index in [1.807, 2.05) is 0 Å². The van der Waals surface area contributed by atoms with Crippen molar-refractivity contribution in [2.45, 2.75) is 24.5 Å². The van der Waals surface area contributed by atoms with E-state index in [4.69, 9.17) is 21.6 Å². The average molecular weight is 321 g/mol. The SMILES string of the molecule is C#CCO[C@@H]1[C@@H](O)[C@@H](CO)O[C@H]1n1cnc2c(=O)[nH]c(N)nc21. The van der Waals surface area contributed by atoms with Crippen LogP contribution in [-0.4, -0.2) is 61.3 Å². The summed E-state index contributed by atoms with van der Waals surface area (Å²) in [4.78, 5) is 22.2. The molecule has 1 saturated heterocycles. The lowest BCUT2D eigenvalue weighted by molar-refractivity contribution is -0.0636. The number of H-pyrrole nitrogens is 1. The van der Waals surface area contributed by atoms with Crippen LogP contribution < -0.4 is 11.3 Å². The Bertz CT molecular complexity index is 809. The van der Waals surface area contributed by atoms with Gasteiger partial charge in [0.05, 0.1) is 12.9 Å². The molecule has 0 amide bonds. The molecule has 0 bridgehead atoms. The van der Waals surface area contributed by atoms with Crippen molar-refractivity contribution in [2.24, 2.45) is 0 Å². The minimum absolute atomic E-state index is 0.0531. The quantitative estimate of drug-likeness (QED) is 0.471. The largest absolute Gasteiger partial charge is 0.394 e. The summed E-state index contributed by atoms with van der Waals surface area (Å²) in [5, 5.41) is 19.5. The molecule has 0 radical (unpaired) electrons. The summed E-state index contributed by atoms with van der Waals surface area (Å²) in [7, 11) is 0. The highest BCUT2D eigenvalue weighted by Crippen LogP contribution is 2.33. The topological polar surface area (TPSA) is 149 Å². The molecule has 122 valence electrons. The third-order valence-electron chi connectivity index (χ3n) is 3.58. The van der Waals surface area contributed by atoms with E-state index < -0.39 is 36.7 Å². The highest BCUT2D eigenvalue weighted by Gasteiger charge is 2.45. The number of nitrogen functional groups attached to an aromatic ring is 1. The Morgan fingerprint density at radius 3 is 3.09 bits per heavy atom. The zero-order valence-corrected chi connectivity index (χ0v) is 11.9. The zero-order valence-electron chi connectivity index (χ0n) is 11.9. The van der Waals surface area contributed by atoms with E-state index in [0.29, 0.717) is 0 Å². The Hall–Kier alpha value is -2.45. The summed E-state index contributed by atoms with van der Waals surface area (Å²) in [6.45, 7) is -0.459. The van der Waals surface area contributed by atoms with Crippen LogP contribution in [0.25, 0.3) is 11.2 Å². The molecule has 0 saturated carbocycles. The summed E-state index contributed by atoms with van der Waals surface area (Å²) in [6.07, 6.45) is 2.81. The van der Waals surface area contributed by atoms with Crippen molar-refractivity contribution < 1.29 is 19.7 Å².